The second-order valence-electron chi connectivity index (χ2n) is 3.68. The van der Waals surface area contributed by atoms with E-state index in [0.717, 1.165) is 6.07 Å². The van der Waals surface area contributed by atoms with Gasteiger partial charge in [0.1, 0.15) is 11.5 Å². The summed E-state index contributed by atoms with van der Waals surface area (Å²) in [5, 5.41) is 10.6. The number of hydrogen-bond donors (Lipinski definition) is 1. The van der Waals surface area contributed by atoms with Crippen molar-refractivity contribution in [1.82, 2.24) is 0 Å². The first kappa shape index (κ1) is 11.1. The summed E-state index contributed by atoms with van der Waals surface area (Å²) < 4.78 is 13.1. The van der Waals surface area contributed by atoms with E-state index in [1.165, 1.54) is 6.07 Å². The third-order valence-electron chi connectivity index (χ3n) is 2.46. The van der Waals surface area contributed by atoms with Gasteiger partial charge in [-0.2, -0.15) is 0 Å². The Labute approximate surface area is 95.7 Å². The van der Waals surface area contributed by atoms with Gasteiger partial charge in [0.2, 0.25) is 0 Å². The van der Waals surface area contributed by atoms with Gasteiger partial charge in [0.05, 0.1) is 16.0 Å². The van der Waals surface area contributed by atoms with Crippen LogP contribution in [0.3, 0.4) is 0 Å². The number of nitrogens with zero attached hydrogens (tertiary/aromatic N) is 2. The Kier molecular flexibility index (Phi) is 2.69. The van der Waals surface area contributed by atoms with Crippen molar-refractivity contribution in [2.75, 3.05) is 18.0 Å². The largest absolute Gasteiger partial charge is 0.363 e. The van der Waals surface area contributed by atoms with E-state index in [0.29, 0.717) is 18.8 Å². The molecule has 0 bridgehead atoms. The molecule has 1 aromatic carbocycles. The predicted molar refractivity (Wildman–Crippen MR) is 58.3 cm³/mol. The van der Waals surface area contributed by atoms with Gasteiger partial charge in [0.25, 0.3) is 5.69 Å². The van der Waals surface area contributed by atoms with Gasteiger partial charge >= 0.3 is 0 Å². The highest BCUT2D eigenvalue weighted by molar-refractivity contribution is 6.31. The van der Waals surface area contributed by atoms with E-state index >= 15 is 0 Å². The number of hydrogen-bond acceptors (Lipinski definition) is 4. The molecule has 0 saturated carbocycles. The van der Waals surface area contributed by atoms with Crippen LogP contribution in [0.4, 0.5) is 15.8 Å². The lowest BCUT2D eigenvalue weighted by molar-refractivity contribution is -0.384. The van der Waals surface area contributed by atoms with E-state index in [2.05, 4.69) is 0 Å². The predicted octanol–water partition coefficient (Wildman–Crippen LogP) is 1.53. The van der Waals surface area contributed by atoms with E-state index in [4.69, 9.17) is 17.3 Å². The maximum Gasteiger partial charge on any atom is 0.295 e. The number of halogens is 2. The van der Waals surface area contributed by atoms with Crippen LogP contribution in [0.25, 0.3) is 0 Å². The van der Waals surface area contributed by atoms with Crippen LogP contribution in [0.2, 0.25) is 5.02 Å². The molecule has 2 N–H and O–H groups in total. The minimum Gasteiger partial charge on any atom is -0.363 e. The van der Waals surface area contributed by atoms with E-state index in [9.17, 15) is 14.5 Å². The number of benzene rings is 1. The molecule has 0 unspecified atom stereocenters. The summed E-state index contributed by atoms with van der Waals surface area (Å²) in [5.74, 6) is -0.790. The molecule has 1 aliphatic heterocycles. The minimum absolute atomic E-state index is 0.00318. The van der Waals surface area contributed by atoms with Crippen LogP contribution in [0.5, 0.6) is 0 Å². The molecule has 1 saturated heterocycles. The Morgan fingerprint density at radius 1 is 1.56 bits per heavy atom. The molecule has 5 nitrogen and oxygen atoms in total. The first-order chi connectivity index (χ1) is 7.49. The third-order valence-corrected chi connectivity index (χ3v) is 2.75. The first-order valence-corrected chi connectivity index (χ1v) is 5.01. The van der Waals surface area contributed by atoms with Crippen molar-refractivity contribution in [3.63, 3.8) is 0 Å². The summed E-state index contributed by atoms with van der Waals surface area (Å²) in [6.45, 7) is 1.03. The normalized spacial score (nSPS) is 16.1. The number of anilines is 1. The van der Waals surface area contributed by atoms with Gasteiger partial charge in [-0.15, -0.1) is 0 Å². The van der Waals surface area contributed by atoms with Gasteiger partial charge in [0, 0.05) is 19.1 Å². The topological polar surface area (TPSA) is 72.4 Å². The van der Waals surface area contributed by atoms with E-state index in [1.807, 2.05) is 0 Å². The van der Waals surface area contributed by atoms with E-state index in [1.54, 1.807) is 4.90 Å². The molecule has 1 fully saturated rings. The van der Waals surface area contributed by atoms with Gasteiger partial charge in [0.15, 0.2) is 0 Å². The van der Waals surface area contributed by atoms with Gasteiger partial charge in [-0.3, -0.25) is 10.1 Å². The summed E-state index contributed by atoms with van der Waals surface area (Å²) in [7, 11) is 0. The van der Waals surface area contributed by atoms with Crippen LogP contribution in [-0.4, -0.2) is 24.1 Å². The molecule has 2 rings (SSSR count). The van der Waals surface area contributed by atoms with Gasteiger partial charge in [-0.25, -0.2) is 4.39 Å². The standard InChI is InChI=1S/C9H9ClFN3O2/c10-6-1-8(13-3-5(12)4-13)9(14(15)16)2-7(6)11/h1-2,5H,3-4,12H2. The van der Waals surface area contributed by atoms with Crippen molar-refractivity contribution < 1.29 is 9.31 Å². The summed E-state index contributed by atoms with van der Waals surface area (Å²) in [6.07, 6.45) is 0. The molecule has 1 heterocycles. The quantitative estimate of drug-likeness (QED) is 0.634. The molecule has 0 spiro atoms. The molecule has 86 valence electrons. The average molecular weight is 246 g/mol. The fraction of sp³-hybridized carbons (Fsp3) is 0.333. The zero-order chi connectivity index (χ0) is 11.9. The van der Waals surface area contributed by atoms with E-state index in [-0.39, 0.29) is 16.8 Å². The monoisotopic (exact) mass is 245 g/mol. The maximum atomic E-state index is 13.1. The van der Waals surface area contributed by atoms with Crippen molar-refractivity contribution >= 4 is 23.0 Å². The van der Waals surface area contributed by atoms with Crippen LogP contribution in [0, 0.1) is 15.9 Å². The highest BCUT2D eigenvalue weighted by Crippen LogP contribution is 2.35. The molecule has 0 aliphatic carbocycles. The second-order valence-corrected chi connectivity index (χ2v) is 4.08. The Morgan fingerprint density at radius 3 is 2.69 bits per heavy atom. The molecular formula is C9H9ClFN3O2. The second kappa shape index (κ2) is 3.88. The summed E-state index contributed by atoms with van der Waals surface area (Å²) in [6, 6.07) is 2.10. The first-order valence-electron chi connectivity index (χ1n) is 4.63. The lowest BCUT2D eigenvalue weighted by Crippen LogP contribution is -2.56. The van der Waals surface area contributed by atoms with Crippen molar-refractivity contribution in [1.29, 1.82) is 0 Å². The Morgan fingerprint density at radius 2 is 2.19 bits per heavy atom. The van der Waals surface area contributed by atoms with Crippen molar-refractivity contribution in [2.24, 2.45) is 5.73 Å². The smallest absolute Gasteiger partial charge is 0.295 e. The molecule has 1 aliphatic rings. The molecule has 1 aromatic rings. The Bertz CT molecular complexity index is 449. The number of nitro groups is 1. The number of rotatable bonds is 2. The van der Waals surface area contributed by atoms with E-state index < -0.39 is 10.7 Å². The van der Waals surface area contributed by atoms with Crippen LogP contribution in [-0.2, 0) is 0 Å². The summed E-state index contributed by atoms with van der Waals surface area (Å²) >= 11 is 5.60. The average Bonchev–Trinajstić information content (AvgIpc) is 2.16. The highest BCUT2D eigenvalue weighted by Gasteiger charge is 2.30. The molecule has 0 radical (unpaired) electrons. The van der Waals surface area contributed by atoms with Gasteiger partial charge in [-0.1, -0.05) is 11.6 Å². The van der Waals surface area contributed by atoms with Crippen molar-refractivity contribution in [3.05, 3.63) is 33.1 Å². The molecule has 0 aromatic heterocycles. The van der Waals surface area contributed by atoms with Gasteiger partial charge in [-0.05, 0) is 6.07 Å². The Balaban J connectivity index is 2.42. The van der Waals surface area contributed by atoms with Crippen LogP contribution in [0.15, 0.2) is 12.1 Å². The van der Waals surface area contributed by atoms with Crippen molar-refractivity contribution in [3.8, 4) is 0 Å². The van der Waals surface area contributed by atoms with Gasteiger partial charge < -0.3 is 10.6 Å². The Hall–Kier alpha value is -1.40. The zero-order valence-corrected chi connectivity index (χ0v) is 8.95. The summed E-state index contributed by atoms with van der Waals surface area (Å²) in [4.78, 5) is 11.8. The van der Waals surface area contributed by atoms with Crippen LogP contribution in [0.1, 0.15) is 0 Å². The molecule has 7 heteroatoms. The molecule has 16 heavy (non-hydrogen) atoms. The lowest BCUT2D eigenvalue weighted by Gasteiger charge is -2.38. The van der Waals surface area contributed by atoms with Crippen molar-refractivity contribution in [2.45, 2.75) is 6.04 Å². The number of nitrogens with two attached hydrogens (primary N) is 1. The third kappa shape index (κ3) is 1.81. The molecule has 0 amide bonds. The van der Waals surface area contributed by atoms with Crippen LogP contribution < -0.4 is 10.6 Å². The maximum absolute atomic E-state index is 13.1. The molecular weight excluding hydrogens is 237 g/mol. The molecule has 0 atom stereocenters. The zero-order valence-electron chi connectivity index (χ0n) is 8.19. The number of nitro benzene ring substituents is 1. The van der Waals surface area contributed by atoms with Crippen LogP contribution >= 0.6 is 11.6 Å². The lowest BCUT2D eigenvalue weighted by atomic mass is 10.1. The minimum atomic E-state index is -0.790. The summed E-state index contributed by atoms with van der Waals surface area (Å²) in [5.41, 5.74) is 5.62. The fourth-order valence-electron chi connectivity index (χ4n) is 1.63. The SMILES string of the molecule is NC1CN(c2cc(Cl)c(F)cc2[N+](=O)[O-])C1. The fourth-order valence-corrected chi connectivity index (χ4v) is 1.79. The highest BCUT2D eigenvalue weighted by atomic mass is 35.5.